The number of nitrogens with zero attached hydrogens (tertiary/aromatic N) is 1. The molecule has 8 nitrogen and oxygen atoms in total. The van der Waals surface area contributed by atoms with Gasteiger partial charge < -0.3 is 25.2 Å². The fourth-order valence-electron chi connectivity index (χ4n) is 5.96. The van der Waals surface area contributed by atoms with E-state index < -0.39 is 11.9 Å². The first-order chi connectivity index (χ1) is 20.0. The third-order valence-electron chi connectivity index (χ3n) is 8.38. The minimum atomic E-state index is -0.875. The van der Waals surface area contributed by atoms with Gasteiger partial charge in [0.1, 0.15) is 0 Å². The quantitative estimate of drug-likeness (QED) is 0.300. The zero-order chi connectivity index (χ0) is 30.3. The van der Waals surface area contributed by atoms with Gasteiger partial charge in [-0.15, -0.1) is 0 Å². The molecular formula is C34H36N4O4. The van der Waals surface area contributed by atoms with E-state index in [0.717, 1.165) is 83.0 Å². The highest BCUT2D eigenvalue weighted by molar-refractivity contribution is 6.23. The second-order valence-corrected chi connectivity index (χ2v) is 10.9. The Morgan fingerprint density at radius 1 is 0.810 bits per heavy atom. The van der Waals surface area contributed by atoms with Crippen molar-refractivity contribution in [1.82, 2.24) is 15.0 Å². The van der Waals surface area contributed by atoms with Crippen molar-refractivity contribution in [2.75, 3.05) is 0 Å². The Morgan fingerprint density at radius 3 is 2.14 bits per heavy atom. The Hall–Kier alpha value is -4.85. The third-order valence-corrected chi connectivity index (χ3v) is 8.38. The molecule has 5 rings (SSSR count). The van der Waals surface area contributed by atoms with Crippen molar-refractivity contribution in [3.05, 3.63) is 89.6 Å². The number of aromatic nitrogens is 3. The lowest BCUT2D eigenvalue weighted by Gasteiger charge is -2.05. The molecule has 0 unspecified atom stereocenters. The molecular weight excluding hydrogens is 528 g/mol. The van der Waals surface area contributed by atoms with Gasteiger partial charge in [0.25, 0.3) is 0 Å². The average molecular weight is 565 g/mol. The van der Waals surface area contributed by atoms with Crippen LogP contribution < -0.4 is 21.3 Å². The predicted molar refractivity (Wildman–Crippen MR) is 168 cm³/mol. The van der Waals surface area contributed by atoms with E-state index >= 15 is 0 Å². The molecule has 0 aliphatic carbocycles. The average Bonchev–Trinajstić information content (AvgIpc) is 3.59. The van der Waals surface area contributed by atoms with E-state index in [1.54, 1.807) is 0 Å². The van der Waals surface area contributed by atoms with Crippen LogP contribution in [-0.2, 0) is 16.0 Å². The molecule has 3 aromatic heterocycles. The van der Waals surface area contributed by atoms with Gasteiger partial charge in [-0.05, 0) is 110 Å². The van der Waals surface area contributed by atoms with Gasteiger partial charge in [0.15, 0.2) is 0 Å². The van der Waals surface area contributed by atoms with Gasteiger partial charge >= 0.3 is 11.9 Å². The van der Waals surface area contributed by atoms with Gasteiger partial charge in [0, 0.05) is 51.5 Å². The highest BCUT2D eigenvalue weighted by Gasteiger charge is 2.22. The van der Waals surface area contributed by atoms with Gasteiger partial charge in [-0.1, -0.05) is 18.7 Å². The molecule has 42 heavy (non-hydrogen) atoms. The minimum Gasteiger partial charge on any atom is -0.481 e. The van der Waals surface area contributed by atoms with Crippen LogP contribution in [-0.4, -0.2) is 42.8 Å². The molecule has 0 aromatic carbocycles. The van der Waals surface area contributed by atoms with Crippen LogP contribution in [0.25, 0.3) is 36.5 Å². The zero-order valence-electron chi connectivity index (χ0n) is 24.7. The summed E-state index contributed by atoms with van der Waals surface area (Å²) in [6, 6.07) is 0. The minimum absolute atomic E-state index is 0.00804. The lowest BCUT2D eigenvalue weighted by molar-refractivity contribution is -0.138. The molecule has 2 aliphatic rings. The second kappa shape index (κ2) is 11.2. The number of carbonyl (C=O) groups is 2. The molecule has 0 spiro atoms. The summed E-state index contributed by atoms with van der Waals surface area (Å²) in [7, 11) is 0. The summed E-state index contributed by atoms with van der Waals surface area (Å²) in [6.07, 6.45) is 12.7. The van der Waals surface area contributed by atoms with Crippen LogP contribution in [0, 0.1) is 20.8 Å². The van der Waals surface area contributed by atoms with Gasteiger partial charge in [0.2, 0.25) is 0 Å². The summed E-state index contributed by atoms with van der Waals surface area (Å²) < 4.78 is 0. The normalized spacial score (nSPS) is 17.5. The van der Waals surface area contributed by atoms with Crippen LogP contribution in [0.1, 0.15) is 78.0 Å². The molecule has 216 valence electrons. The monoisotopic (exact) mass is 564 g/mol. The van der Waals surface area contributed by atoms with Crippen molar-refractivity contribution in [2.24, 2.45) is 4.99 Å². The first-order valence-electron chi connectivity index (χ1n) is 14.1. The second-order valence-electron chi connectivity index (χ2n) is 10.9. The first kappa shape index (κ1) is 28.7. The summed E-state index contributed by atoms with van der Waals surface area (Å²) in [5.74, 6) is -1.74. The van der Waals surface area contributed by atoms with Crippen molar-refractivity contribution >= 4 is 54.1 Å². The highest BCUT2D eigenvalue weighted by Crippen LogP contribution is 2.33. The molecule has 0 amide bonds. The Morgan fingerprint density at radius 2 is 1.48 bits per heavy atom. The number of carboxylic acids is 2. The summed E-state index contributed by atoms with van der Waals surface area (Å²) in [6.45, 7) is 14.2. The topological polar surface area (TPSA) is 134 Å². The van der Waals surface area contributed by atoms with E-state index in [0.29, 0.717) is 18.5 Å². The fourth-order valence-corrected chi connectivity index (χ4v) is 5.96. The molecule has 2 aliphatic heterocycles. The highest BCUT2D eigenvalue weighted by atomic mass is 16.4. The smallest absolute Gasteiger partial charge is 0.303 e. The zero-order valence-corrected chi connectivity index (χ0v) is 24.7. The fraction of sp³-hybridized carbons (Fsp3) is 0.265. The number of carboxylic acid groups (broad SMARTS) is 2. The largest absolute Gasteiger partial charge is 0.481 e. The summed E-state index contributed by atoms with van der Waals surface area (Å²) in [4.78, 5) is 38.7. The summed E-state index contributed by atoms with van der Waals surface area (Å²) >= 11 is 0. The predicted octanol–water partition coefficient (Wildman–Crippen LogP) is 3.49. The lowest BCUT2D eigenvalue weighted by Crippen LogP contribution is -2.23. The van der Waals surface area contributed by atoms with Crippen LogP contribution in [0.3, 0.4) is 0 Å². The molecule has 8 heteroatoms. The molecule has 0 atom stereocenters. The van der Waals surface area contributed by atoms with Gasteiger partial charge in [0.05, 0.1) is 11.4 Å². The van der Waals surface area contributed by atoms with Gasteiger partial charge in [-0.25, -0.2) is 4.99 Å². The Labute approximate surface area is 243 Å². The molecule has 8 bridgehead atoms. The molecule has 0 fully saturated rings. The number of aliphatic imine (C=N–C) groups is 1. The molecule has 0 radical (unpaired) electrons. The summed E-state index contributed by atoms with van der Waals surface area (Å²) in [5, 5.41) is 22.8. The maximum absolute atomic E-state index is 11.5. The van der Waals surface area contributed by atoms with Crippen LogP contribution in [0.5, 0.6) is 0 Å². The number of hydrogen-bond donors (Lipinski definition) is 5. The van der Waals surface area contributed by atoms with E-state index in [1.165, 1.54) is 0 Å². The first-order valence-corrected chi connectivity index (χ1v) is 14.1. The number of H-pyrrole nitrogens is 3. The van der Waals surface area contributed by atoms with Gasteiger partial charge in [-0.2, -0.15) is 0 Å². The number of hydrogen-bond acceptors (Lipinski definition) is 3. The van der Waals surface area contributed by atoms with Crippen molar-refractivity contribution in [1.29, 1.82) is 0 Å². The molecule has 5 N–H and O–H groups in total. The van der Waals surface area contributed by atoms with E-state index in [2.05, 4.69) is 46.7 Å². The lowest BCUT2D eigenvalue weighted by atomic mass is 9.99. The number of allylic oxidation sites excluding steroid dienone is 2. The van der Waals surface area contributed by atoms with Crippen molar-refractivity contribution in [3.63, 3.8) is 0 Å². The summed E-state index contributed by atoms with van der Waals surface area (Å²) in [5.41, 5.74) is 10.9. The van der Waals surface area contributed by atoms with Crippen molar-refractivity contribution in [3.8, 4) is 0 Å². The number of aliphatic carboxylic acids is 2. The standard InChI is InChI=1S/C34H36N4O4/c1-7-21-17(3)25-13-26-19(5)23(9-11-33(39)40)31(37-26)16-32-24(10-12-34(41)42)20(6)28(38-32)15-30-22(8-2)18(4)27(36-30)14-29(21)35-25/h7-8,13-16,35-36,38H,1,9-12H2,2-6H3,(H,39,40)(H,41,42)/b22-8+,25-13?,29-14-,30-15-,31-16-. The van der Waals surface area contributed by atoms with E-state index in [1.807, 2.05) is 45.9 Å². The molecule has 5 heterocycles. The van der Waals surface area contributed by atoms with E-state index in [-0.39, 0.29) is 12.8 Å². The Bertz CT molecular complexity index is 2000. The molecule has 3 aromatic rings. The van der Waals surface area contributed by atoms with Crippen LogP contribution >= 0.6 is 0 Å². The number of aromatic amines is 3. The Balaban J connectivity index is 1.89. The maximum atomic E-state index is 11.5. The van der Waals surface area contributed by atoms with Gasteiger partial charge in [-0.3, -0.25) is 9.59 Å². The number of fused-ring (bicyclic) bond motifs is 7. The van der Waals surface area contributed by atoms with Crippen LogP contribution in [0.15, 0.2) is 28.4 Å². The van der Waals surface area contributed by atoms with Crippen molar-refractivity contribution < 1.29 is 19.8 Å². The van der Waals surface area contributed by atoms with E-state index in [9.17, 15) is 19.8 Å². The Kier molecular flexibility index (Phi) is 7.65. The molecule has 0 saturated carbocycles. The third kappa shape index (κ3) is 5.16. The van der Waals surface area contributed by atoms with E-state index in [4.69, 9.17) is 4.99 Å². The van der Waals surface area contributed by atoms with Crippen LogP contribution in [0.2, 0.25) is 0 Å². The van der Waals surface area contributed by atoms with Crippen LogP contribution in [0.4, 0.5) is 0 Å². The molecule has 0 saturated heterocycles. The maximum Gasteiger partial charge on any atom is 0.303 e. The number of nitrogens with one attached hydrogen (secondary N) is 3. The number of rotatable bonds is 7. The SMILES string of the molecule is C=Cc1c(C)c2[nH]/c1=C\c1[nH]c(/c(=C/C)c1C)=C\c1[nH]c(c(CCC(=O)O)c1C)/C=C1\N=C(C=2)C(C)=C1CCC(=O)O. The van der Waals surface area contributed by atoms with Crippen molar-refractivity contribution in [2.45, 2.75) is 60.3 Å².